The molecule has 6 aliphatic rings. The number of nitro groups is 1. The van der Waals surface area contributed by atoms with Gasteiger partial charge in [-0.1, -0.05) is 0 Å². The van der Waals surface area contributed by atoms with E-state index in [0.29, 0.717) is 72.0 Å². The highest BCUT2D eigenvalue weighted by Gasteiger charge is 2.63. The predicted molar refractivity (Wildman–Crippen MR) is 132 cm³/mol. The minimum Gasteiger partial charge on any atom is -0.310 e. The number of hydrogen-bond donors (Lipinski definition) is 1. The molecule has 35 heavy (non-hydrogen) atoms. The van der Waals surface area contributed by atoms with Gasteiger partial charge in [0.05, 0.1) is 0 Å². The fourth-order valence-corrected chi connectivity index (χ4v) is 10.3. The van der Waals surface area contributed by atoms with Crippen molar-refractivity contribution in [1.29, 1.82) is 0 Å². The van der Waals surface area contributed by atoms with E-state index < -0.39 is 6.04 Å². The number of hydrogen-bond acceptors (Lipinski definition) is 6. The average molecular weight is 486 g/mol. The number of piperidine rings is 1. The molecule has 0 spiro atoms. The maximum Gasteiger partial charge on any atom is 0.213 e. The van der Waals surface area contributed by atoms with Crippen LogP contribution < -0.4 is 5.32 Å². The van der Waals surface area contributed by atoms with Crippen molar-refractivity contribution < 1.29 is 14.5 Å². The van der Waals surface area contributed by atoms with E-state index in [4.69, 9.17) is 0 Å². The predicted octanol–water partition coefficient (Wildman–Crippen LogP) is 3.58. The molecule has 5 aliphatic carbocycles. The molecule has 5 saturated carbocycles. The third-order valence-electron chi connectivity index (χ3n) is 11.5. The third kappa shape index (κ3) is 3.91. The van der Waals surface area contributed by atoms with Gasteiger partial charge in [-0.25, -0.2) is 0 Å². The minimum absolute atomic E-state index is 0.0744. The summed E-state index contributed by atoms with van der Waals surface area (Å²) in [6.45, 7) is 1.05. The van der Waals surface area contributed by atoms with Crippen LogP contribution in [0, 0.1) is 63.4 Å². The van der Waals surface area contributed by atoms with Crippen LogP contribution in [0.15, 0.2) is 0 Å². The van der Waals surface area contributed by atoms with Gasteiger partial charge in [-0.05, 0) is 108 Å². The van der Waals surface area contributed by atoms with Crippen LogP contribution in [0.25, 0.3) is 0 Å². The molecular formula is C28H43N3O4. The van der Waals surface area contributed by atoms with Gasteiger partial charge in [0.1, 0.15) is 11.6 Å². The number of fused-ring (bicyclic) bond motifs is 9. The average Bonchev–Trinajstić information content (AvgIpc) is 3.35. The van der Waals surface area contributed by atoms with Gasteiger partial charge < -0.3 is 10.2 Å². The molecule has 0 aromatic rings. The summed E-state index contributed by atoms with van der Waals surface area (Å²) in [5.74, 6) is 3.72. The molecule has 7 nitrogen and oxygen atoms in total. The van der Waals surface area contributed by atoms with Crippen molar-refractivity contribution in [3.63, 3.8) is 0 Å². The topological polar surface area (TPSA) is 92.6 Å². The monoisotopic (exact) mass is 485 g/mol. The Labute approximate surface area is 209 Å². The van der Waals surface area contributed by atoms with E-state index in [0.717, 1.165) is 51.5 Å². The van der Waals surface area contributed by atoms with Gasteiger partial charge in [-0.2, -0.15) is 0 Å². The van der Waals surface area contributed by atoms with E-state index in [2.05, 4.69) is 24.3 Å². The summed E-state index contributed by atoms with van der Waals surface area (Å²) in [5, 5.41) is 15.7. The summed E-state index contributed by atoms with van der Waals surface area (Å²) in [7, 11) is 4.24. The van der Waals surface area contributed by atoms with Crippen molar-refractivity contribution >= 4 is 11.6 Å². The lowest BCUT2D eigenvalue weighted by Crippen LogP contribution is -2.61. The molecule has 1 heterocycles. The van der Waals surface area contributed by atoms with Crippen molar-refractivity contribution in [1.82, 2.24) is 10.2 Å². The van der Waals surface area contributed by atoms with Crippen molar-refractivity contribution in [3.8, 4) is 0 Å². The fraction of sp³-hybridized carbons (Fsp3) is 0.929. The Morgan fingerprint density at radius 1 is 0.943 bits per heavy atom. The van der Waals surface area contributed by atoms with Crippen LogP contribution in [0.4, 0.5) is 0 Å². The van der Waals surface area contributed by atoms with Crippen LogP contribution in [0.5, 0.6) is 0 Å². The zero-order valence-electron chi connectivity index (χ0n) is 21.4. The van der Waals surface area contributed by atoms with Gasteiger partial charge in [0.25, 0.3) is 0 Å². The Morgan fingerprint density at radius 2 is 1.71 bits per heavy atom. The molecule has 6 fully saturated rings. The first-order valence-electron chi connectivity index (χ1n) is 14.5. The van der Waals surface area contributed by atoms with Gasteiger partial charge in [0, 0.05) is 54.0 Å². The molecular weight excluding hydrogens is 442 g/mol. The third-order valence-corrected chi connectivity index (χ3v) is 11.5. The van der Waals surface area contributed by atoms with Crippen LogP contribution >= 0.6 is 0 Å². The number of carbonyl (C=O) groups is 2. The Morgan fingerprint density at radius 3 is 2.49 bits per heavy atom. The normalized spacial score (nSPS) is 48.7. The highest BCUT2D eigenvalue weighted by molar-refractivity contribution is 5.87. The van der Waals surface area contributed by atoms with E-state index >= 15 is 0 Å². The van der Waals surface area contributed by atoms with Crippen molar-refractivity contribution in [3.05, 3.63) is 10.1 Å². The van der Waals surface area contributed by atoms with E-state index in [-0.39, 0.29) is 22.7 Å². The molecule has 194 valence electrons. The first kappa shape index (κ1) is 24.0. The molecule has 1 aliphatic heterocycles. The van der Waals surface area contributed by atoms with Crippen molar-refractivity contribution in [2.24, 2.45) is 53.3 Å². The van der Waals surface area contributed by atoms with Gasteiger partial charge in [0.2, 0.25) is 6.04 Å². The zero-order chi connectivity index (χ0) is 24.4. The zero-order valence-corrected chi connectivity index (χ0v) is 21.4. The molecule has 1 N–H and O–H groups in total. The number of nitrogens with one attached hydrogen (secondary N) is 1. The van der Waals surface area contributed by atoms with Crippen LogP contribution in [-0.4, -0.2) is 60.2 Å². The molecule has 12 atom stereocenters. The molecule has 0 radical (unpaired) electrons. The van der Waals surface area contributed by atoms with E-state index in [1.54, 1.807) is 0 Å². The maximum atomic E-state index is 14.0. The Kier molecular flexibility index (Phi) is 6.31. The van der Waals surface area contributed by atoms with Crippen LogP contribution in [0.3, 0.4) is 0 Å². The lowest BCUT2D eigenvalue weighted by molar-refractivity contribution is -0.528. The van der Waals surface area contributed by atoms with Crippen LogP contribution in [0.1, 0.15) is 70.6 Å². The molecule has 0 amide bonds. The van der Waals surface area contributed by atoms with Gasteiger partial charge in [0.15, 0.2) is 0 Å². The minimum atomic E-state index is -0.537. The first-order valence-corrected chi connectivity index (χ1v) is 14.5. The Bertz CT molecular complexity index is 876. The first-order chi connectivity index (χ1) is 16.8. The largest absolute Gasteiger partial charge is 0.310 e. The van der Waals surface area contributed by atoms with Crippen LogP contribution in [0.2, 0.25) is 0 Å². The summed E-state index contributed by atoms with van der Waals surface area (Å²) in [6.07, 6.45) is 10.4. The summed E-state index contributed by atoms with van der Waals surface area (Å²) >= 11 is 0. The summed E-state index contributed by atoms with van der Waals surface area (Å²) in [5.41, 5.74) is 0. The Balaban J connectivity index is 1.29. The van der Waals surface area contributed by atoms with Crippen LogP contribution in [-0.2, 0) is 9.59 Å². The quantitative estimate of drug-likeness (QED) is 0.473. The standard InChI is InChI=1S/C28H43N3O4/c1-30(2)12-4-6-23-25-18(21-14-20-19(27(21)29-23)5-3-7-24(20)32)11-10-17-16-9-8-15(31(34)35)13-22(16)28(33)26(17)25/h15-23,25-27,29H,3-14H2,1-2H3. The summed E-state index contributed by atoms with van der Waals surface area (Å²) in [6, 6.07) is 0.231. The molecule has 7 heteroatoms. The molecule has 6 rings (SSSR count). The molecule has 12 unspecified atom stereocenters. The lowest BCUT2D eigenvalue weighted by Gasteiger charge is -2.53. The van der Waals surface area contributed by atoms with Gasteiger partial charge >= 0.3 is 0 Å². The summed E-state index contributed by atoms with van der Waals surface area (Å²) < 4.78 is 0. The fourth-order valence-electron chi connectivity index (χ4n) is 10.3. The van der Waals surface area contributed by atoms with Gasteiger partial charge in [-0.15, -0.1) is 0 Å². The smallest absolute Gasteiger partial charge is 0.213 e. The summed E-state index contributed by atoms with van der Waals surface area (Å²) in [4.78, 5) is 40.5. The number of nitrogens with zero attached hydrogens (tertiary/aromatic N) is 2. The number of ketones is 2. The lowest BCUT2D eigenvalue weighted by atomic mass is 9.56. The molecule has 0 bridgehead atoms. The molecule has 0 aromatic carbocycles. The van der Waals surface area contributed by atoms with E-state index in [1.165, 1.54) is 12.8 Å². The van der Waals surface area contributed by atoms with Crippen molar-refractivity contribution in [2.45, 2.75) is 88.8 Å². The SMILES string of the molecule is CN(C)CCCC1NC2C3CCCC(=O)C3CC2C2CCC3C4CCC([N+](=O)[O-])CC4C(=O)C3C12. The second-order valence-corrected chi connectivity index (χ2v) is 13.2. The molecule has 0 aromatic heterocycles. The maximum absolute atomic E-state index is 14.0. The number of Topliss-reactive ketones (excluding diaryl/α,β-unsaturated/α-hetero) is 2. The van der Waals surface area contributed by atoms with Crippen molar-refractivity contribution in [2.75, 3.05) is 20.6 Å². The second kappa shape index (κ2) is 9.20. The van der Waals surface area contributed by atoms with Gasteiger partial charge in [-0.3, -0.25) is 19.7 Å². The van der Waals surface area contributed by atoms with E-state index in [9.17, 15) is 19.7 Å². The van der Waals surface area contributed by atoms with E-state index in [1.807, 2.05) is 0 Å². The number of carbonyl (C=O) groups excluding carboxylic acids is 2. The second-order valence-electron chi connectivity index (χ2n) is 13.2. The molecule has 1 saturated heterocycles. The highest BCUT2D eigenvalue weighted by Crippen LogP contribution is 2.61. The highest BCUT2D eigenvalue weighted by atomic mass is 16.6. The Hall–Kier alpha value is -1.34. The number of rotatable bonds is 5.